The third-order valence-electron chi connectivity index (χ3n) is 2.76. The predicted molar refractivity (Wildman–Crippen MR) is 66.9 cm³/mol. The summed E-state index contributed by atoms with van der Waals surface area (Å²) in [5.41, 5.74) is -0.408. The number of rotatable bonds is 1. The lowest BCUT2D eigenvalue weighted by atomic mass is 9.99. The van der Waals surface area contributed by atoms with Crippen LogP contribution in [0, 0.1) is 11.3 Å². The highest BCUT2D eigenvalue weighted by molar-refractivity contribution is 5.93. The minimum absolute atomic E-state index is 0.314. The zero-order chi connectivity index (χ0) is 15.3. The van der Waals surface area contributed by atoms with Gasteiger partial charge in [-0.15, -0.1) is 0 Å². The summed E-state index contributed by atoms with van der Waals surface area (Å²) in [5, 5.41) is 8.83. The lowest BCUT2D eigenvalue weighted by molar-refractivity contribution is -0.177. The number of hydrogen-bond acceptors (Lipinski definition) is 5. The molecular weight excluding hydrogens is 267 g/mol. The van der Waals surface area contributed by atoms with Gasteiger partial charge in [-0.25, -0.2) is 14.5 Å². The maximum Gasteiger partial charge on any atom is 0.410 e. The van der Waals surface area contributed by atoms with Crippen LogP contribution in [0.5, 0.6) is 0 Å². The van der Waals surface area contributed by atoms with Crippen molar-refractivity contribution >= 4 is 12.1 Å². The van der Waals surface area contributed by atoms with Gasteiger partial charge in [0.1, 0.15) is 17.2 Å². The second-order valence-electron chi connectivity index (χ2n) is 5.42. The molecular formula is C13H17FN2O4. The third kappa shape index (κ3) is 4.23. The Bertz CT molecular complexity index is 464. The standard InChI is InChI=1S/C13H17FN2O4/c1-13(2,3)19-12(18)16-6-4-9(5-7-16)10(8-15)11(17)20-14/h4-7H2,1-3H3. The molecule has 7 heteroatoms. The van der Waals surface area contributed by atoms with Crippen LogP contribution >= 0.6 is 0 Å². The number of likely N-dealkylation sites (tertiary alicyclic amines) is 1. The van der Waals surface area contributed by atoms with Crippen molar-refractivity contribution in [3.05, 3.63) is 11.1 Å². The molecule has 20 heavy (non-hydrogen) atoms. The van der Waals surface area contributed by atoms with Crippen LogP contribution in [0.4, 0.5) is 9.32 Å². The van der Waals surface area contributed by atoms with Crippen molar-refractivity contribution in [1.29, 1.82) is 5.26 Å². The molecule has 0 unspecified atom stereocenters. The molecule has 0 bridgehead atoms. The van der Waals surface area contributed by atoms with Crippen LogP contribution in [-0.2, 0) is 14.5 Å². The van der Waals surface area contributed by atoms with E-state index in [1.165, 1.54) is 4.90 Å². The Morgan fingerprint density at radius 1 is 1.30 bits per heavy atom. The van der Waals surface area contributed by atoms with E-state index < -0.39 is 17.7 Å². The summed E-state index contributed by atoms with van der Waals surface area (Å²) in [7, 11) is 0. The molecule has 0 saturated carbocycles. The first-order valence-corrected chi connectivity index (χ1v) is 6.21. The van der Waals surface area contributed by atoms with Crippen LogP contribution in [0.1, 0.15) is 33.6 Å². The van der Waals surface area contributed by atoms with Gasteiger partial charge >= 0.3 is 12.1 Å². The molecule has 1 rings (SSSR count). The predicted octanol–water partition coefficient (Wildman–Crippen LogP) is 2.27. The highest BCUT2D eigenvalue weighted by atomic mass is 19.3. The minimum atomic E-state index is -1.28. The van der Waals surface area contributed by atoms with E-state index in [1.54, 1.807) is 26.8 Å². The van der Waals surface area contributed by atoms with E-state index in [0.29, 0.717) is 31.5 Å². The average molecular weight is 284 g/mol. The summed E-state index contributed by atoms with van der Waals surface area (Å²) < 4.78 is 17.1. The molecule has 0 spiro atoms. The fourth-order valence-corrected chi connectivity index (χ4v) is 1.84. The molecule has 0 aromatic carbocycles. The van der Waals surface area contributed by atoms with E-state index in [0.717, 1.165) is 0 Å². The SMILES string of the molecule is CC(C)(C)OC(=O)N1CCC(=C(C#N)C(=O)OF)CC1. The topological polar surface area (TPSA) is 79.6 Å². The van der Waals surface area contributed by atoms with Crippen LogP contribution in [0.2, 0.25) is 0 Å². The van der Waals surface area contributed by atoms with Crippen molar-refractivity contribution in [3.8, 4) is 6.07 Å². The molecule has 1 saturated heterocycles. The second-order valence-corrected chi connectivity index (χ2v) is 5.42. The van der Waals surface area contributed by atoms with Gasteiger partial charge in [0.15, 0.2) is 0 Å². The molecule has 1 aliphatic rings. The monoisotopic (exact) mass is 284 g/mol. The van der Waals surface area contributed by atoms with Crippen LogP contribution in [0.15, 0.2) is 11.1 Å². The van der Waals surface area contributed by atoms with E-state index in [9.17, 15) is 14.1 Å². The lowest BCUT2D eigenvalue weighted by Gasteiger charge is -2.31. The first kappa shape index (κ1) is 16.0. The second kappa shape index (κ2) is 6.37. The maximum absolute atomic E-state index is 11.9. The number of ether oxygens (including phenoxy) is 1. The van der Waals surface area contributed by atoms with E-state index in [-0.39, 0.29) is 5.57 Å². The van der Waals surface area contributed by atoms with E-state index >= 15 is 0 Å². The maximum atomic E-state index is 11.9. The van der Waals surface area contributed by atoms with Gasteiger partial charge in [-0.05, 0) is 39.2 Å². The van der Waals surface area contributed by atoms with Gasteiger partial charge in [0, 0.05) is 17.6 Å². The quantitative estimate of drug-likeness (QED) is 0.545. The van der Waals surface area contributed by atoms with Gasteiger partial charge in [0.25, 0.3) is 0 Å². The number of hydrogen-bond donors (Lipinski definition) is 0. The lowest BCUT2D eigenvalue weighted by Crippen LogP contribution is -2.40. The normalized spacial score (nSPS) is 15.3. The summed E-state index contributed by atoms with van der Waals surface area (Å²) in [6.45, 7) is 5.94. The van der Waals surface area contributed by atoms with Crippen LogP contribution < -0.4 is 0 Å². The molecule has 110 valence electrons. The molecule has 0 atom stereocenters. The summed E-state index contributed by atoms with van der Waals surface area (Å²) in [6.07, 6.45) is 0.192. The Kier molecular flexibility index (Phi) is 5.08. The summed E-state index contributed by atoms with van der Waals surface area (Å²) in [6, 6.07) is 1.64. The van der Waals surface area contributed by atoms with Crippen molar-refractivity contribution in [2.75, 3.05) is 13.1 Å². The molecule has 6 nitrogen and oxygen atoms in total. The van der Waals surface area contributed by atoms with E-state index in [4.69, 9.17) is 10.00 Å². The highest BCUT2D eigenvalue weighted by Crippen LogP contribution is 2.22. The molecule has 1 heterocycles. The van der Waals surface area contributed by atoms with Crippen molar-refractivity contribution in [2.45, 2.75) is 39.2 Å². The summed E-state index contributed by atoms with van der Waals surface area (Å²) >= 11 is 0. The number of nitrogens with zero attached hydrogens (tertiary/aromatic N) is 2. The van der Waals surface area contributed by atoms with Crippen LogP contribution in [-0.4, -0.2) is 35.7 Å². The first-order valence-electron chi connectivity index (χ1n) is 6.21. The van der Waals surface area contributed by atoms with E-state index in [2.05, 4.69) is 4.94 Å². The number of nitriles is 1. The fourth-order valence-electron chi connectivity index (χ4n) is 1.84. The largest absolute Gasteiger partial charge is 0.444 e. The Hall–Kier alpha value is -2.10. The Morgan fingerprint density at radius 3 is 2.25 bits per heavy atom. The Balaban J connectivity index is 2.68. The number of carbonyl (C=O) groups excluding carboxylic acids is 2. The molecule has 1 fully saturated rings. The molecule has 1 aliphatic heterocycles. The third-order valence-corrected chi connectivity index (χ3v) is 2.76. The number of piperidine rings is 1. The van der Waals surface area contributed by atoms with Crippen molar-refractivity contribution in [2.24, 2.45) is 0 Å². The molecule has 0 aromatic rings. The van der Waals surface area contributed by atoms with Gasteiger partial charge in [-0.3, -0.25) is 0 Å². The van der Waals surface area contributed by atoms with Crippen molar-refractivity contribution in [3.63, 3.8) is 0 Å². The van der Waals surface area contributed by atoms with Gasteiger partial charge in [-0.1, -0.05) is 0 Å². The van der Waals surface area contributed by atoms with Gasteiger partial charge in [-0.2, -0.15) is 5.26 Å². The average Bonchev–Trinajstić information content (AvgIpc) is 2.38. The van der Waals surface area contributed by atoms with Gasteiger partial charge in [0.05, 0.1) is 0 Å². The molecule has 0 aliphatic carbocycles. The first-order chi connectivity index (χ1) is 9.28. The summed E-state index contributed by atoms with van der Waals surface area (Å²) in [5.74, 6) is -1.28. The zero-order valence-corrected chi connectivity index (χ0v) is 11.7. The number of halogens is 1. The van der Waals surface area contributed by atoms with Crippen molar-refractivity contribution < 1.29 is 23.8 Å². The number of carbonyl (C=O) groups is 2. The minimum Gasteiger partial charge on any atom is -0.444 e. The Labute approximate surface area is 116 Å². The van der Waals surface area contributed by atoms with Crippen molar-refractivity contribution in [1.82, 2.24) is 4.90 Å². The molecule has 0 radical (unpaired) electrons. The smallest absolute Gasteiger partial charge is 0.410 e. The summed E-state index contributed by atoms with van der Waals surface area (Å²) in [4.78, 5) is 27.4. The van der Waals surface area contributed by atoms with Crippen LogP contribution in [0.25, 0.3) is 0 Å². The number of amides is 1. The Morgan fingerprint density at radius 2 is 1.85 bits per heavy atom. The molecule has 0 N–H and O–H groups in total. The van der Waals surface area contributed by atoms with Crippen LogP contribution in [0.3, 0.4) is 0 Å². The molecule has 0 aromatic heterocycles. The fraction of sp³-hybridized carbons (Fsp3) is 0.615. The zero-order valence-electron chi connectivity index (χ0n) is 11.7. The van der Waals surface area contributed by atoms with Gasteiger partial charge < -0.3 is 9.64 Å². The highest BCUT2D eigenvalue weighted by Gasteiger charge is 2.27. The van der Waals surface area contributed by atoms with Gasteiger partial charge in [0.2, 0.25) is 0 Å². The van der Waals surface area contributed by atoms with E-state index in [1.807, 2.05) is 0 Å². The molecule has 1 amide bonds.